The molecule has 0 unspecified atom stereocenters. The second kappa shape index (κ2) is 8.55. The minimum atomic E-state index is -0.439. The summed E-state index contributed by atoms with van der Waals surface area (Å²) in [7, 11) is 0. The van der Waals surface area contributed by atoms with Crippen LogP contribution in [0.25, 0.3) is 87.3 Å². The standard InChI is InChI=1S/C40H24O/c1-2-12-27-24-28(21-20-25(27)10-1)37-30-14-5-7-16-32(30)38(33-17-8-6-15-31(33)37)34-18-9-19-35-39-29-13-4-3-11-26(29)22-23-36(39)41-40(34)35/h1-24H/i5D,6D,7D,8D,14D,15D,16D,17D. The number of hydrogen-bond donors (Lipinski definition) is 0. The van der Waals surface area contributed by atoms with Crippen LogP contribution in [0.1, 0.15) is 11.0 Å². The van der Waals surface area contributed by atoms with E-state index in [2.05, 4.69) is 0 Å². The minimum absolute atomic E-state index is 0.157. The molecular formula is C40H24O. The number of fused-ring (bicyclic) bond motifs is 8. The van der Waals surface area contributed by atoms with E-state index in [0.29, 0.717) is 27.9 Å². The number of rotatable bonds is 2. The maximum Gasteiger partial charge on any atom is 0.143 e. The van der Waals surface area contributed by atoms with Crippen LogP contribution in [0.5, 0.6) is 0 Å². The van der Waals surface area contributed by atoms with Crippen LogP contribution >= 0.6 is 0 Å². The normalized spacial score (nSPS) is 14.6. The molecule has 0 atom stereocenters. The highest BCUT2D eigenvalue weighted by Crippen LogP contribution is 2.47. The molecule has 1 nitrogen and oxygen atoms in total. The molecule has 0 spiro atoms. The largest absolute Gasteiger partial charge is 0.455 e. The second-order valence-corrected chi connectivity index (χ2v) is 10.3. The van der Waals surface area contributed by atoms with Gasteiger partial charge in [-0.1, -0.05) is 133 Å². The van der Waals surface area contributed by atoms with Gasteiger partial charge in [-0.15, -0.1) is 0 Å². The van der Waals surface area contributed by atoms with Crippen molar-refractivity contribution in [2.24, 2.45) is 0 Å². The van der Waals surface area contributed by atoms with Gasteiger partial charge in [0.2, 0.25) is 0 Å². The molecule has 0 aliphatic carbocycles. The highest BCUT2D eigenvalue weighted by Gasteiger charge is 2.20. The van der Waals surface area contributed by atoms with Crippen molar-refractivity contribution in [3.63, 3.8) is 0 Å². The molecule has 0 N–H and O–H groups in total. The predicted molar refractivity (Wildman–Crippen MR) is 175 cm³/mol. The van der Waals surface area contributed by atoms with Crippen LogP contribution in [0, 0.1) is 0 Å². The van der Waals surface area contributed by atoms with Gasteiger partial charge in [0.1, 0.15) is 11.2 Å². The Labute approximate surface area is 248 Å². The van der Waals surface area contributed by atoms with Crippen LogP contribution in [-0.2, 0) is 0 Å². The van der Waals surface area contributed by atoms with Crippen molar-refractivity contribution in [3.05, 3.63) is 145 Å². The number of benzene rings is 8. The van der Waals surface area contributed by atoms with Crippen molar-refractivity contribution < 1.29 is 15.4 Å². The van der Waals surface area contributed by atoms with Crippen LogP contribution in [0.15, 0.2) is 150 Å². The SMILES string of the molecule is [2H]c1c([2H])c([2H])c2c(-c3cccc4c3oc3ccc5ccccc5c34)c3c([2H])c([2H])c([2H])c([2H])c3c(-c3ccc4ccccc4c3)c2c1[2H]. The summed E-state index contributed by atoms with van der Waals surface area (Å²) in [4.78, 5) is 0. The third kappa shape index (κ3) is 3.24. The van der Waals surface area contributed by atoms with Crippen molar-refractivity contribution in [1.29, 1.82) is 0 Å². The van der Waals surface area contributed by atoms with Gasteiger partial charge in [0.05, 0.1) is 11.0 Å². The predicted octanol–water partition coefficient (Wildman–Crippen LogP) is 11.5. The zero-order chi connectivity index (χ0) is 33.9. The smallest absolute Gasteiger partial charge is 0.143 e. The van der Waals surface area contributed by atoms with Crippen molar-refractivity contribution in [3.8, 4) is 22.3 Å². The lowest BCUT2D eigenvalue weighted by Gasteiger charge is -2.18. The Morgan fingerprint density at radius 2 is 1.07 bits per heavy atom. The Bertz CT molecular complexity index is 2850. The van der Waals surface area contributed by atoms with E-state index in [1.807, 2.05) is 91.0 Å². The first-order chi connectivity index (χ1) is 23.7. The average molecular weight is 529 g/mol. The molecule has 0 saturated carbocycles. The molecule has 1 heterocycles. The van der Waals surface area contributed by atoms with Crippen LogP contribution in [0.4, 0.5) is 0 Å². The van der Waals surface area contributed by atoms with Crippen LogP contribution in [-0.4, -0.2) is 0 Å². The van der Waals surface area contributed by atoms with E-state index in [4.69, 9.17) is 9.90 Å². The molecule has 0 aliphatic heterocycles. The summed E-state index contributed by atoms with van der Waals surface area (Å²) >= 11 is 0. The quantitative estimate of drug-likeness (QED) is 0.203. The van der Waals surface area contributed by atoms with Gasteiger partial charge in [0, 0.05) is 21.9 Å². The van der Waals surface area contributed by atoms with Crippen LogP contribution < -0.4 is 0 Å². The number of hydrogen-bond acceptors (Lipinski definition) is 1. The molecule has 0 bridgehead atoms. The highest BCUT2D eigenvalue weighted by molar-refractivity contribution is 6.26. The maximum absolute atomic E-state index is 9.31. The molecule has 1 heteroatoms. The van der Waals surface area contributed by atoms with E-state index in [1.165, 1.54) is 0 Å². The molecule has 190 valence electrons. The molecule has 1 aromatic heterocycles. The molecule has 0 amide bonds. The van der Waals surface area contributed by atoms with E-state index >= 15 is 0 Å². The van der Waals surface area contributed by atoms with Gasteiger partial charge in [0.25, 0.3) is 0 Å². The van der Waals surface area contributed by atoms with E-state index in [1.54, 1.807) is 6.07 Å². The Hall–Kier alpha value is -5.40. The lowest BCUT2D eigenvalue weighted by atomic mass is 9.85. The summed E-state index contributed by atoms with van der Waals surface area (Å²) in [6.07, 6.45) is 0. The van der Waals surface area contributed by atoms with E-state index in [0.717, 1.165) is 32.3 Å². The highest BCUT2D eigenvalue weighted by atomic mass is 16.3. The molecule has 0 radical (unpaired) electrons. The van der Waals surface area contributed by atoms with Gasteiger partial charge in [0.15, 0.2) is 0 Å². The van der Waals surface area contributed by atoms with Crippen molar-refractivity contribution in [2.75, 3.05) is 0 Å². The summed E-state index contributed by atoms with van der Waals surface area (Å²) in [5.41, 5.74) is 2.71. The van der Waals surface area contributed by atoms with E-state index in [-0.39, 0.29) is 51.3 Å². The third-order valence-electron chi connectivity index (χ3n) is 8.07. The van der Waals surface area contributed by atoms with E-state index in [9.17, 15) is 5.48 Å². The first-order valence-electron chi connectivity index (χ1n) is 17.5. The zero-order valence-corrected chi connectivity index (χ0v) is 21.6. The lowest BCUT2D eigenvalue weighted by Crippen LogP contribution is -1.91. The fraction of sp³-hybridized carbons (Fsp3) is 0. The van der Waals surface area contributed by atoms with Crippen molar-refractivity contribution in [2.45, 2.75) is 0 Å². The molecule has 9 aromatic rings. The van der Waals surface area contributed by atoms with Crippen LogP contribution in [0.2, 0.25) is 0 Å². The molecule has 0 fully saturated rings. The maximum atomic E-state index is 9.31. The van der Waals surface area contributed by atoms with Gasteiger partial charge >= 0.3 is 0 Å². The Kier molecular flexibility index (Phi) is 3.34. The topological polar surface area (TPSA) is 13.1 Å². The van der Waals surface area contributed by atoms with Crippen LogP contribution in [0.3, 0.4) is 0 Å². The fourth-order valence-corrected chi connectivity index (χ4v) is 6.29. The fourth-order valence-electron chi connectivity index (χ4n) is 6.29. The first-order valence-corrected chi connectivity index (χ1v) is 13.5. The number of furan rings is 1. The summed E-state index contributed by atoms with van der Waals surface area (Å²) in [5, 5.41) is 6.19. The summed E-state index contributed by atoms with van der Waals surface area (Å²) < 4.78 is 78.7. The Morgan fingerprint density at radius 1 is 0.463 bits per heavy atom. The van der Waals surface area contributed by atoms with Gasteiger partial charge in [-0.3, -0.25) is 0 Å². The van der Waals surface area contributed by atoms with Gasteiger partial charge in [-0.2, -0.15) is 0 Å². The Morgan fingerprint density at radius 3 is 1.83 bits per heavy atom. The average Bonchev–Trinajstić information content (AvgIpc) is 3.53. The molecule has 0 aliphatic rings. The lowest BCUT2D eigenvalue weighted by molar-refractivity contribution is 0.670. The molecule has 41 heavy (non-hydrogen) atoms. The monoisotopic (exact) mass is 528 g/mol. The van der Waals surface area contributed by atoms with Crippen molar-refractivity contribution >= 4 is 65.0 Å². The molecular weight excluding hydrogens is 496 g/mol. The number of para-hydroxylation sites is 1. The third-order valence-corrected chi connectivity index (χ3v) is 8.07. The minimum Gasteiger partial charge on any atom is -0.455 e. The Balaban J connectivity index is 1.57. The van der Waals surface area contributed by atoms with E-state index < -0.39 is 24.2 Å². The van der Waals surface area contributed by atoms with Gasteiger partial charge in [-0.25, -0.2) is 0 Å². The molecule has 9 rings (SSSR count). The van der Waals surface area contributed by atoms with Gasteiger partial charge < -0.3 is 4.42 Å². The summed E-state index contributed by atoms with van der Waals surface area (Å²) in [5.74, 6) is 0. The zero-order valence-electron chi connectivity index (χ0n) is 29.6. The summed E-state index contributed by atoms with van der Waals surface area (Å²) in [6.45, 7) is 0. The summed E-state index contributed by atoms with van der Waals surface area (Å²) in [6, 6.07) is 27.9. The molecule has 8 aromatic carbocycles. The van der Waals surface area contributed by atoms with Crippen molar-refractivity contribution in [1.82, 2.24) is 0 Å². The van der Waals surface area contributed by atoms with Gasteiger partial charge in [-0.05, 0) is 66.3 Å². The second-order valence-electron chi connectivity index (χ2n) is 10.3. The first kappa shape index (κ1) is 16.0. The molecule has 0 saturated heterocycles.